The fourth-order valence-electron chi connectivity index (χ4n) is 8.25. The second kappa shape index (κ2) is 59.1. The maximum absolute atomic E-state index is 12.5. The number of carbonyl (C=O) groups excluding carboxylic acids is 1. The van der Waals surface area contributed by atoms with Gasteiger partial charge in [0.25, 0.3) is 0 Å². The molecular formula is C65H111NO3. The highest BCUT2D eigenvalue weighted by Crippen LogP contribution is 2.16. The van der Waals surface area contributed by atoms with Crippen LogP contribution in [0.15, 0.2) is 122 Å². The third-order valence-electron chi connectivity index (χ3n) is 12.7. The Morgan fingerprint density at radius 3 is 1.01 bits per heavy atom. The van der Waals surface area contributed by atoms with Crippen LogP contribution < -0.4 is 5.32 Å². The molecule has 0 heterocycles. The minimum atomic E-state index is -0.895. The molecule has 4 heteroatoms. The number of hydrogen-bond donors (Lipinski definition) is 3. The Kier molecular flexibility index (Phi) is 56.4. The minimum Gasteiger partial charge on any atom is -0.394 e. The number of nitrogens with one attached hydrogen (secondary N) is 1. The summed E-state index contributed by atoms with van der Waals surface area (Å²) < 4.78 is 0. The lowest BCUT2D eigenvalue weighted by molar-refractivity contribution is -0.123. The van der Waals surface area contributed by atoms with E-state index in [1.165, 1.54) is 148 Å². The summed E-state index contributed by atoms with van der Waals surface area (Å²) in [6.07, 6.45) is 90.9. The van der Waals surface area contributed by atoms with Crippen LogP contribution in [0.2, 0.25) is 0 Å². The summed E-state index contributed by atoms with van der Waals surface area (Å²) in [6, 6.07) is -0.675. The maximum atomic E-state index is 12.5. The lowest BCUT2D eigenvalue weighted by Gasteiger charge is -2.19. The van der Waals surface area contributed by atoms with Crippen molar-refractivity contribution in [2.45, 2.75) is 276 Å². The smallest absolute Gasteiger partial charge is 0.220 e. The van der Waals surface area contributed by atoms with E-state index < -0.39 is 12.1 Å². The summed E-state index contributed by atoms with van der Waals surface area (Å²) in [7, 11) is 0. The Morgan fingerprint density at radius 1 is 0.362 bits per heavy atom. The van der Waals surface area contributed by atoms with Crippen molar-refractivity contribution in [1.82, 2.24) is 5.32 Å². The fraction of sp³-hybridized carbons (Fsp3) is 0.677. The van der Waals surface area contributed by atoms with Crippen molar-refractivity contribution in [1.29, 1.82) is 0 Å². The number of amides is 1. The molecular weight excluding hydrogens is 843 g/mol. The second-order valence-corrected chi connectivity index (χ2v) is 19.3. The molecule has 2 atom stereocenters. The molecule has 0 rings (SSSR count). The van der Waals surface area contributed by atoms with Gasteiger partial charge in [-0.15, -0.1) is 0 Å². The molecule has 0 aromatic heterocycles. The molecule has 3 N–H and O–H groups in total. The van der Waals surface area contributed by atoms with Crippen LogP contribution in [0.3, 0.4) is 0 Å². The van der Waals surface area contributed by atoms with Crippen LogP contribution in [-0.4, -0.2) is 34.9 Å². The summed E-state index contributed by atoms with van der Waals surface area (Å²) in [4.78, 5) is 12.5. The van der Waals surface area contributed by atoms with Gasteiger partial charge in [-0.3, -0.25) is 4.79 Å². The van der Waals surface area contributed by atoms with E-state index in [0.29, 0.717) is 6.42 Å². The van der Waals surface area contributed by atoms with Crippen molar-refractivity contribution in [3.63, 3.8) is 0 Å². The Morgan fingerprint density at radius 2 is 0.652 bits per heavy atom. The minimum absolute atomic E-state index is 0.113. The number of hydrogen-bond acceptors (Lipinski definition) is 3. The van der Waals surface area contributed by atoms with Gasteiger partial charge >= 0.3 is 0 Å². The molecule has 0 saturated carbocycles. The molecule has 0 radical (unpaired) electrons. The van der Waals surface area contributed by atoms with Gasteiger partial charge in [0.1, 0.15) is 0 Å². The normalized spacial score (nSPS) is 13.7. The van der Waals surface area contributed by atoms with Crippen LogP contribution in [0, 0.1) is 0 Å². The van der Waals surface area contributed by atoms with E-state index in [9.17, 15) is 15.0 Å². The molecule has 2 unspecified atom stereocenters. The summed E-state index contributed by atoms with van der Waals surface area (Å²) in [5.74, 6) is -0.113. The van der Waals surface area contributed by atoms with Gasteiger partial charge in [0, 0.05) is 6.42 Å². The Labute approximate surface area is 428 Å². The lowest BCUT2D eigenvalue weighted by Crippen LogP contribution is -2.45. The van der Waals surface area contributed by atoms with E-state index in [0.717, 1.165) is 96.3 Å². The van der Waals surface area contributed by atoms with Crippen LogP contribution in [0.4, 0.5) is 0 Å². The van der Waals surface area contributed by atoms with Gasteiger partial charge < -0.3 is 15.5 Å². The third-order valence-corrected chi connectivity index (χ3v) is 12.7. The molecule has 0 aromatic rings. The number of rotatable bonds is 52. The molecule has 69 heavy (non-hydrogen) atoms. The van der Waals surface area contributed by atoms with Gasteiger partial charge in [-0.25, -0.2) is 0 Å². The van der Waals surface area contributed by atoms with Gasteiger partial charge in [-0.05, 0) is 103 Å². The van der Waals surface area contributed by atoms with Crippen molar-refractivity contribution in [2.24, 2.45) is 0 Å². The summed E-state index contributed by atoms with van der Waals surface area (Å²) >= 11 is 0. The second-order valence-electron chi connectivity index (χ2n) is 19.3. The highest BCUT2D eigenvalue weighted by molar-refractivity contribution is 5.76. The standard InChI is InChI=1S/C65H111NO3/c1-3-5-7-9-11-13-15-17-19-21-23-25-27-29-30-31-32-33-34-35-37-38-40-42-44-46-48-50-52-54-56-58-60-64(68)63(62-67)66-65(69)61-59-57-55-53-51-49-47-45-43-41-39-36-28-26-24-22-20-18-16-14-12-10-8-6-4-2/h6,8,12,14,18,20,24,26,36,39,42-45,49-52,58,60,63-64,67-68H,3-5,7,9-11,13,15-17,19,21-23,25,27-35,37-38,40-41,46-48,53-57,59,61-62H2,1-2H3,(H,66,69)/b8-6-,14-12-,20-18-,26-24-,39-36-,44-42+,45-43-,51-49-,52-50+,60-58+. The van der Waals surface area contributed by atoms with Gasteiger partial charge in [0.2, 0.25) is 5.91 Å². The number of allylic oxidation sites excluding steroid dienone is 19. The van der Waals surface area contributed by atoms with Crippen LogP contribution >= 0.6 is 0 Å². The SMILES string of the molecule is CC/C=C\C/C=C\C/C=C\C/C=C\C/C=C\C/C=C\C/C=C\CCCCCC(=O)NC(CO)C(O)/C=C/CC/C=C/CC/C=C/CCCCCCCCCCCCCCCCCCCCCCCC. The molecule has 0 spiro atoms. The molecule has 0 aliphatic carbocycles. The molecule has 0 aliphatic rings. The predicted molar refractivity (Wildman–Crippen MR) is 308 cm³/mol. The molecule has 394 valence electrons. The average molecular weight is 955 g/mol. The first-order valence-electron chi connectivity index (χ1n) is 29.2. The number of aliphatic hydroxyl groups excluding tert-OH is 2. The van der Waals surface area contributed by atoms with Gasteiger partial charge in [-0.1, -0.05) is 277 Å². The van der Waals surface area contributed by atoms with E-state index in [-0.39, 0.29) is 12.5 Å². The molecule has 0 aliphatic heterocycles. The Hall–Kier alpha value is -3.21. The lowest BCUT2D eigenvalue weighted by atomic mass is 10.0. The molecule has 0 fully saturated rings. The first-order chi connectivity index (χ1) is 34.2. The summed E-state index contributed by atoms with van der Waals surface area (Å²) in [5.41, 5.74) is 0. The predicted octanol–water partition coefficient (Wildman–Crippen LogP) is 19.6. The fourth-order valence-corrected chi connectivity index (χ4v) is 8.25. The topological polar surface area (TPSA) is 69.6 Å². The molecule has 4 nitrogen and oxygen atoms in total. The Balaban J connectivity index is 3.65. The van der Waals surface area contributed by atoms with Crippen LogP contribution in [-0.2, 0) is 4.79 Å². The van der Waals surface area contributed by atoms with E-state index in [2.05, 4.69) is 129 Å². The average Bonchev–Trinajstić information content (AvgIpc) is 3.35. The molecule has 0 bridgehead atoms. The summed E-state index contributed by atoms with van der Waals surface area (Å²) in [5, 5.41) is 23.1. The van der Waals surface area contributed by atoms with E-state index in [4.69, 9.17) is 0 Å². The highest BCUT2D eigenvalue weighted by atomic mass is 16.3. The van der Waals surface area contributed by atoms with Crippen molar-refractivity contribution in [3.05, 3.63) is 122 Å². The largest absolute Gasteiger partial charge is 0.394 e. The van der Waals surface area contributed by atoms with Gasteiger partial charge in [0.05, 0.1) is 18.8 Å². The zero-order chi connectivity index (χ0) is 49.9. The number of aliphatic hydroxyl groups is 2. The van der Waals surface area contributed by atoms with Gasteiger partial charge in [0.15, 0.2) is 0 Å². The number of carbonyl (C=O) groups is 1. The van der Waals surface area contributed by atoms with Crippen LogP contribution in [0.25, 0.3) is 0 Å². The van der Waals surface area contributed by atoms with E-state index in [1.54, 1.807) is 6.08 Å². The van der Waals surface area contributed by atoms with Crippen molar-refractivity contribution >= 4 is 5.91 Å². The maximum Gasteiger partial charge on any atom is 0.220 e. The quantitative estimate of drug-likeness (QED) is 0.0420. The molecule has 1 amide bonds. The zero-order valence-corrected chi connectivity index (χ0v) is 45.3. The van der Waals surface area contributed by atoms with Crippen molar-refractivity contribution in [2.75, 3.05) is 6.61 Å². The Bertz CT molecular complexity index is 1360. The van der Waals surface area contributed by atoms with Crippen molar-refractivity contribution < 1.29 is 15.0 Å². The van der Waals surface area contributed by atoms with Gasteiger partial charge in [-0.2, -0.15) is 0 Å². The van der Waals surface area contributed by atoms with E-state index >= 15 is 0 Å². The highest BCUT2D eigenvalue weighted by Gasteiger charge is 2.17. The monoisotopic (exact) mass is 954 g/mol. The van der Waals surface area contributed by atoms with E-state index in [1.807, 2.05) is 6.08 Å². The van der Waals surface area contributed by atoms with Crippen LogP contribution in [0.5, 0.6) is 0 Å². The van der Waals surface area contributed by atoms with Crippen LogP contribution in [0.1, 0.15) is 264 Å². The zero-order valence-electron chi connectivity index (χ0n) is 45.3. The first-order valence-corrected chi connectivity index (χ1v) is 29.2. The number of unbranched alkanes of at least 4 members (excludes halogenated alkanes) is 27. The van der Waals surface area contributed by atoms with Crippen molar-refractivity contribution in [3.8, 4) is 0 Å². The first kappa shape index (κ1) is 65.8. The summed E-state index contributed by atoms with van der Waals surface area (Å²) in [6.45, 7) is 4.17. The molecule has 0 aromatic carbocycles. The molecule has 0 saturated heterocycles. The third kappa shape index (κ3) is 55.6.